The van der Waals surface area contributed by atoms with Crippen molar-refractivity contribution in [3.63, 3.8) is 0 Å². The van der Waals surface area contributed by atoms with Gasteiger partial charge in [0.15, 0.2) is 0 Å². The molecule has 0 radical (unpaired) electrons. The predicted octanol–water partition coefficient (Wildman–Crippen LogP) is 2.90. The number of nitrogens with zero attached hydrogens (tertiary/aromatic N) is 2. The van der Waals surface area contributed by atoms with E-state index in [-0.39, 0.29) is 0 Å². The van der Waals surface area contributed by atoms with E-state index in [4.69, 9.17) is 11.6 Å². The van der Waals surface area contributed by atoms with Crippen LogP contribution < -0.4 is 5.32 Å². The van der Waals surface area contributed by atoms with Gasteiger partial charge in [-0.3, -0.25) is 0 Å². The number of hydrogen-bond acceptors (Lipinski definition) is 4. The zero-order valence-corrected chi connectivity index (χ0v) is 12.3. The Bertz CT molecular complexity index is 394. The normalized spacial score (nSPS) is 14.6. The van der Waals surface area contributed by atoms with E-state index < -0.39 is 5.60 Å². The Morgan fingerprint density at radius 3 is 2.67 bits per heavy atom. The zero-order valence-electron chi connectivity index (χ0n) is 11.5. The second-order valence-corrected chi connectivity index (χ2v) is 5.68. The summed E-state index contributed by atoms with van der Waals surface area (Å²) in [7, 11) is 0. The molecule has 5 heteroatoms. The lowest BCUT2D eigenvalue weighted by atomic mass is 9.94. The Balaban J connectivity index is 2.65. The highest BCUT2D eigenvalue weighted by atomic mass is 35.5. The van der Waals surface area contributed by atoms with Gasteiger partial charge in [0.25, 0.3) is 0 Å². The number of aryl methyl sites for hydroxylation is 1. The van der Waals surface area contributed by atoms with E-state index >= 15 is 0 Å². The minimum Gasteiger partial charge on any atom is -0.388 e. The van der Waals surface area contributed by atoms with Crippen LogP contribution in [0.5, 0.6) is 0 Å². The maximum atomic E-state index is 10.2. The number of nitrogens with one attached hydrogen (secondary N) is 1. The minimum atomic E-state index is -0.752. The largest absolute Gasteiger partial charge is 0.388 e. The Morgan fingerprint density at radius 2 is 2.11 bits per heavy atom. The van der Waals surface area contributed by atoms with Crippen molar-refractivity contribution in [2.24, 2.45) is 5.92 Å². The summed E-state index contributed by atoms with van der Waals surface area (Å²) in [6.45, 7) is 8.42. The number of aliphatic hydroxyl groups is 1. The number of halogens is 1. The molecule has 0 amide bonds. The fraction of sp³-hybridized carbons (Fsp3) is 0.692. The number of rotatable bonds is 6. The molecular weight excluding hydrogens is 250 g/mol. The topological polar surface area (TPSA) is 58.0 Å². The Kier molecular flexibility index (Phi) is 5.35. The van der Waals surface area contributed by atoms with E-state index in [1.165, 1.54) is 0 Å². The molecule has 0 aromatic carbocycles. The molecule has 1 aromatic rings. The maximum Gasteiger partial charge on any atom is 0.134 e. The van der Waals surface area contributed by atoms with Crippen LogP contribution in [0, 0.1) is 5.92 Å². The molecule has 0 spiro atoms. The molecule has 2 N–H and O–H groups in total. The standard InChI is InChI=1S/C13H22ClN3O/c1-5-11-16-10(14)6-12(17-11)15-8-13(4,18)7-9(2)3/h6,9,18H,5,7-8H2,1-4H3,(H,15,16,17). The van der Waals surface area contributed by atoms with Gasteiger partial charge >= 0.3 is 0 Å². The molecule has 0 bridgehead atoms. The maximum absolute atomic E-state index is 10.2. The van der Waals surface area contributed by atoms with Crippen molar-refractivity contribution in [2.75, 3.05) is 11.9 Å². The molecule has 0 aliphatic heterocycles. The van der Waals surface area contributed by atoms with Gasteiger partial charge in [-0.05, 0) is 19.3 Å². The van der Waals surface area contributed by atoms with Gasteiger partial charge in [-0.15, -0.1) is 0 Å². The molecule has 1 aromatic heterocycles. The monoisotopic (exact) mass is 271 g/mol. The number of hydrogen-bond donors (Lipinski definition) is 2. The summed E-state index contributed by atoms with van der Waals surface area (Å²) in [5, 5.41) is 13.7. The molecule has 1 atom stereocenters. The first-order valence-corrected chi connectivity index (χ1v) is 6.70. The van der Waals surface area contributed by atoms with Gasteiger partial charge in [0.05, 0.1) is 5.60 Å². The second kappa shape index (κ2) is 6.34. The van der Waals surface area contributed by atoms with Crippen LogP contribution in [-0.2, 0) is 6.42 Å². The fourth-order valence-corrected chi connectivity index (χ4v) is 2.15. The minimum absolute atomic E-state index is 0.424. The van der Waals surface area contributed by atoms with E-state index in [1.807, 2.05) is 13.8 Å². The van der Waals surface area contributed by atoms with Crippen LogP contribution in [0.4, 0.5) is 5.82 Å². The molecule has 1 heterocycles. The molecule has 18 heavy (non-hydrogen) atoms. The first kappa shape index (κ1) is 15.2. The first-order valence-electron chi connectivity index (χ1n) is 6.32. The lowest BCUT2D eigenvalue weighted by Crippen LogP contribution is -2.35. The van der Waals surface area contributed by atoms with Crippen molar-refractivity contribution in [3.05, 3.63) is 17.0 Å². The van der Waals surface area contributed by atoms with E-state index in [0.717, 1.165) is 12.8 Å². The van der Waals surface area contributed by atoms with Gasteiger partial charge < -0.3 is 10.4 Å². The van der Waals surface area contributed by atoms with E-state index in [2.05, 4.69) is 29.1 Å². The van der Waals surface area contributed by atoms with Crippen molar-refractivity contribution in [3.8, 4) is 0 Å². The summed E-state index contributed by atoms with van der Waals surface area (Å²) in [4.78, 5) is 8.41. The van der Waals surface area contributed by atoms with E-state index in [0.29, 0.717) is 29.3 Å². The van der Waals surface area contributed by atoms with Crippen molar-refractivity contribution in [2.45, 2.75) is 46.1 Å². The summed E-state index contributed by atoms with van der Waals surface area (Å²) < 4.78 is 0. The van der Waals surface area contributed by atoms with Gasteiger partial charge in [0.2, 0.25) is 0 Å². The third kappa shape index (κ3) is 5.19. The quantitative estimate of drug-likeness (QED) is 0.781. The summed E-state index contributed by atoms with van der Waals surface area (Å²) in [5.41, 5.74) is -0.752. The third-order valence-corrected chi connectivity index (χ3v) is 2.75. The molecular formula is C13H22ClN3O. The van der Waals surface area contributed by atoms with Gasteiger partial charge in [0.1, 0.15) is 16.8 Å². The van der Waals surface area contributed by atoms with Gasteiger partial charge in [0, 0.05) is 19.0 Å². The molecule has 1 rings (SSSR count). The fourth-order valence-electron chi connectivity index (χ4n) is 1.95. The SMILES string of the molecule is CCc1nc(Cl)cc(NCC(C)(O)CC(C)C)n1. The number of aromatic nitrogens is 2. The molecule has 1 unspecified atom stereocenters. The smallest absolute Gasteiger partial charge is 0.134 e. The predicted molar refractivity (Wildman–Crippen MR) is 75.0 cm³/mol. The summed E-state index contributed by atoms with van der Waals surface area (Å²) >= 11 is 5.91. The molecule has 0 aliphatic rings. The highest BCUT2D eigenvalue weighted by molar-refractivity contribution is 6.29. The third-order valence-electron chi connectivity index (χ3n) is 2.56. The molecule has 102 valence electrons. The van der Waals surface area contributed by atoms with Crippen molar-refractivity contribution >= 4 is 17.4 Å². The Labute approximate surface area is 114 Å². The lowest BCUT2D eigenvalue weighted by molar-refractivity contribution is 0.0514. The van der Waals surface area contributed by atoms with Gasteiger partial charge in [-0.25, -0.2) is 9.97 Å². The summed E-state index contributed by atoms with van der Waals surface area (Å²) in [5.74, 6) is 1.81. The van der Waals surface area contributed by atoms with E-state index in [9.17, 15) is 5.11 Å². The van der Waals surface area contributed by atoms with Crippen molar-refractivity contribution < 1.29 is 5.11 Å². The first-order chi connectivity index (χ1) is 8.32. The molecule has 0 saturated heterocycles. The lowest BCUT2D eigenvalue weighted by Gasteiger charge is -2.25. The summed E-state index contributed by atoms with van der Waals surface area (Å²) in [6, 6.07) is 1.67. The average molecular weight is 272 g/mol. The van der Waals surface area contributed by atoms with Crippen LogP contribution in [0.1, 0.15) is 39.9 Å². The van der Waals surface area contributed by atoms with Crippen LogP contribution in [0.25, 0.3) is 0 Å². The molecule has 0 fully saturated rings. The van der Waals surface area contributed by atoms with Crippen LogP contribution in [0.2, 0.25) is 5.15 Å². The Morgan fingerprint density at radius 1 is 1.44 bits per heavy atom. The van der Waals surface area contributed by atoms with Gasteiger partial charge in [-0.2, -0.15) is 0 Å². The van der Waals surface area contributed by atoms with Crippen molar-refractivity contribution in [1.82, 2.24) is 9.97 Å². The second-order valence-electron chi connectivity index (χ2n) is 5.29. The van der Waals surface area contributed by atoms with E-state index in [1.54, 1.807) is 6.07 Å². The van der Waals surface area contributed by atoms with Crippen LogP contribution in [0.3, 0.4) is 0 Å². The van der Waals surface area contributed by atoms with Gasteiger partial charge in [-0.1, -0.05) is 32.4 Å². The molecule has 4 nitrogen and oxygen atoms in total. The average Bonchev–Trinajstić information content (AvgIpc) is 2.24. The highest BCUT2D eigenvalue weighted by Crippen LogP contribution is 2.18. The van der Waals surface area contributed by atoms with Crippen LogP contribution in [0.15, 0.2) is 6.07 Å². The Hall–Kier alpha value is -0.870. The molecule has 0 saturated carbocycles. The zero-order chi connectivity index (χ0) is 13.8. The van der Waals surface area contributed by atoms with Crippen LogP contribution >= 0.6 is 11.6 Å². The number of anilines is 1. The molecule has 0 aliphatic carbocycles. The van der Waals surface area contributed by atoms with Crippen LogP contribution in [-0.4, -0.2) is 27.2 Å². The highest BCUT2D eigenvalue weighted by Gasteiger charge is 2.21. The summed E-state index contributed by atoms with van der Waals surface area (Å²) in [6.07, 6.45) is 1.47. The van der Waals surface area contributed by atoms with Crippen molar-refractivity contribution in [1.29, 1.82) is 0 Å².